The van der Waals surface area contributed by atoms with Crippen LogP contribution >= 0.6 is 0 Å². The zero-order valence-corrected chi connectivity index (χ0v) is 18.6. The Bertz CT molecular complexity index is 1050. The summed E-state index contributed by atoms with van der Waals surface area (Å²) >= 11 is 0. The molecule has 2 aromatic carbocycles. The van der Waals surface area contributed by atoms with Gasteiger partial charge in [0, 0.05) is 25.4 Å². The smallest absolute Gasteiger partial charge is 0.407 e. The second-order valence-corrected chi connectivity index (χ2v) is 8.54. The van der Waals surface area contributed by atoms with Crippen LogP contribution in [0, 0.1) is 0 Å². The van der Waals surface area contributed by atoms with Crippen LogP contribution in [0.2, 0.25) is 0 Å². The molecule has 0 saturated heterocycles. The van der Waals surface area contributed by atoms with Gasteiger partial charge in [0.2, 0.25) is 5.91 Å². The maximum absolute atomic E-state index is 13.0. The summed E-state index contributed by atoms with van der Waals surface area (Å²) in [7, 11) is 0. The number of nitrogens with zero attached hydrogens (tertiary/aromatic N) is 1. The number of carbonyl (C=O) groups is 3. The van der Waals surface area contributed by atoms with E-state index in [1.165, 1.54) is 5.57 Å². The number of fused-ring (bicyclic) bond motifs is 3. The van der Waals surface area contributed by atoms with Crippen molar-refractivity contribution < 1.29 is 24.2 Å². The molecule has 0 spiro atoms. The van der Waals surface area contributed by atoms with Gasteiger partial charge in [-0.3, -0.25) is 9.59 Å². The molecule has 0 bridgehead atoms. The summed E-state index contributed by atoms with van der Waals surface area (Å²) in [6, 6.07) is 15.2. The van der Waals surface area contributed by atoms with E-state index in [0.717, 1.165) is 28.7 Å². The number of carboxylic acid groups (broad SMARTS) is 1. The van der Waals surface area contributed by atoms with E-state index in [0.29, 0.717) is 13.1 Å². The van der Waals surface area contributed by atoms with Crippen LogP contribution < -0.4 is 5.32 Å². The number of hydrogen-bond donors (Lipinski definition) is 2. The van der Waals surface area contributed by atoms with Crippen molar-refractivity contribution in [2.24, 2.45) is 0 Å². The standard InChI is InChI=1S/C26H28N2O5/c1-17-12-14-28(15-13-17)25(31)23(10-11-24(29)30)27-26(32)33-16-22-20-8-4-2-6-18(20)19-7-3-5-9-21(19)22/h2-9,12,22-23H,10-11,13-16H2,1H3,(H,27,32)(H,29,30). The molecule has 2 aliphatic rings. The number of rotatable bonds is 7. The van der Waals surface area contributed by atoms with Gasteiger partial charge in [0.25, 0.3) is 0 Å². The Kier molecular flexibility index (Phi) is 6.77. The molecule has 1 aliphatic heterocycles. The Morgan fingerprint density at radius 3 is 2.30 bits per heavy atom. The second-order valence-electron chi connectivity index (χ2n) is 8.54. The van der Waals surface area contributed by atoms with Gasteiger partial charge in [-0.25, -0.2) is 4.79 Å². The first kappa shape index (κ1) is 22.6. The van der Waals surface area contributed by atoms with E-state index >= 15 is 0 Å². The topological polar surface area (TPSA) is 95.9 Å². The minimum Gasteiger partial charge on any atom is -0.481 e. The molecule has 2 amide bonds. The van der Waals surface area contributed by atoms with Gasteiger partial charge < -0.3 is 20.1 Å². The molecule has 1 aliphatic carbocycles. The molecule has 4 rings (SSSR count). The van der Waals surface area contributed by atoms with E-state index in [9.17, 15) is 14.4 Å². The third-order valence-corrected chi connectivity index (χ3v) is 6.33. The average Bonchev–Trinajstić information content (AvgIpc) is 3.14. The van der Waals surface area contributed by atoms with Crippen LogP contribution in [0.15, 0.2) is 60.2 Å². The number of alkyl carbamates (subject to hydrolysis) is 1. The summed E-state index contributed by atoms with van der Waals surface area (Å²) in [5.74, 6) is -1.39. The Morgan fingerprint density at radius 2 is 1.73 bits per heavy atom. The molecule has 1 unspecified atom stereocenters. The van der Waals surface area contributed by atoms with Gasteiger partial charge >= 0.3 is 12.1 Å². The van der Waals surface area contributed by atoms with E-state index < -0.39 is 18.1 Å². The van der Waals surface area contributed by atoms with Crippen molar-refractivity contribution in [1.82, 2.24) is 10.2 Å². The number of aliphatic carboxylic acids is 1. The Morgan fingerprint density at radius 1 is 1.09 bits per heavy atom. The number of benzene rings is 2. The summed E-state index contributed by atoms with van der Waals surface area (Å²) in [4.78, 5) is 38.4. The van der Waals surface area contributed by atoms with E-state index in [2.05, 4.69) is 17.4 Å². The molecule has 1 atom stereocenters. The first-order chi connectivity index (χ1) is 15.9. The fraction of sp³-hybridized carbons (Fsp3) is 0.346. The van der Waals surface area contributed by atoms with Crippen molar-refractivity contribution in [2.45, 2.75) is 38.1 Å². The summed E-state index contributed by atoms with van der Waals surface area (Å²) in [6.45, 7) is 3.15. The van der Waals surface area contributed by atoms with Crippen molar-refractivity contribution in [3.8, 4) is 11.1 Å². The van der Waals surface area contributed by atoms with Gasteiger partial charge in [-0.15, -0.1) is 0 Å². The largest absolute Gasteiger partial charge is 0.481 e. The SMILES string of the molecule is CC1=CCN(C(=O)C(CCC(=O)O)NC(=O)OCC2c3ccccc3-c3ccccc32)CC1. The molecule has 2 aromatic rings. The number of nitrogens with one attached hydrogen (secondary N) is 1. The molecule has 0 saturated carbocycles. The lowest BCUT2D eigenvalue weighted by molar-refractivity contribution is -0.138. The van der Waals surface area contributed by atoms with E-state index in [1.54, 1.807) is 4.90 Å². The Labute approximate surface area is 193 Å². The van der Waals surface area contributed by atoms with Crippen molar-refractivity contribution in [3.63, 3.8) is 0 Å². The zero-order valence-electron chi connectivity index (χ0n) is 18.6. The highest BCUT2D eigenvalue weighted by Crippen LogP contribution is 2.44. The van der Waals surface area contributed by atoms with Gasteiger partial charge in [0.05, 0.1) is 0 Å². The molecule has 0 radical (unpaired) electrons. The number of hydrogen-bond acceptors (Lipinski definition) is 4. The molecule has 0 aromatic heterocycles. The lowest BCUT2D eigenvalue weighted by Gasteiger charge is -2.29. The lowest BCUT2D eigenvalue weighted by atomic mass is 9.98. The monoisotopic (exact) mass is 448 g/mol. The first-order valence-corrected chi connectivity index (χ1v) is 11.2. The molecule has 33 heavy (non-hydrogen) atoms. The highest BCUT2D eigenvalue weighted by molar-refractivity contribution is 5.86. The number of carbonyl (C=O) groups excluding carboxylic acids is 2. The molecule has 0 fully saturated rings. The van der Waals surface area contributed by atoms with E-state index in [-0.39, 0.29) is 31.3 Å². The summed E-state index contributed by atoms with van der Waals surface area (Å²) in [5, 5.41) is 11.7. The van der Waals surface area contributed by atoms with Crippen LogP contribution in [0.5, 0.6) is 0 Å². The van der Waals surface area contributed by atoms with Gasteiger partial charge in [-0.1, -0.05) is 60.2 Å². The van der Waals surface area contributed by atoms with E-state index in [4.69, 9.17) is 9.84 Å². The van der Waals surface area contributed by atoms with Crippen molar-refractivity contribution >= 4 is 18.0 Å². The normalized spacial score (nSPS) is 15.8. The summed E-state index contributed by atoms with van der Waals surface area (Å²) in [6.07, 6.45) is 1.82. The average molecular weight is 449 g/mol. The lowest BCUT2D eigenvalue weighted by Crippen LogP contribution is -2.50. The number of ether oxygens (including phenoxy) is 1. The van der Waals surface area contributed by atoms with Gasteiger partial charge in [0.1, 0.15) is 12.6 Å². The minimum absolute atomic E-state index is 0.0115. The molecule has 7 nitrogen and oxygen atoms in total. The molecule has 2 N–H and O–H groups in total. The van der Waals surface area contributed by atoms with Crippen molar-refractivity contribution in [2.75, 3.05) is 19.7 Å². The Hall–Kier alpha value is -3.61. The molecule has 7 heteroatoms. The van der Waals surface area contributed by atoms with Gasteiger partial charge in [-0.05, 0) is 42.0 Å². The van der Waals surface area contributed by atoms with Crippen molar-refractivity contribution in [3.05, 3.63) is 71.3 Å². The predicted octanol–water partition coefficient (Wildman–Crippen LogP) is 3.94. The number of amides is 2. The first-order valence-electron chi connectivity index (χ1n) is 11.2. The van der Waals surface area contributed by atoms with Crippen LogP contribution in [0.25, 0.3) is 11.1 Å². The molecule has 1 heterocycles. The Balaban J connectivity index is 1.42. The van der Waals surface area contributed by atoms with Crippen LogP contribution in [0.4, 0.5) is 4.79 Å². The fourth-order valence-electron chi connectivity index (χ4n) is 4.50. The van der Waals surface area contributed by atoms with Crippen LogP contribution in [-0.4, -0.2) is 53.7 Å². The van der Waals surface area contributed by atoms with Gasteiger partial charge in [-0.2, -0.15) is 0 Å². The van der Waals surface area contributed by atoms with Crippen LogP contribution in [0.1, 0.15) is 43.2 Å². The molecule has 172 valence electrons. The summed E-state index contributed by atoms with van der Waals surface area (Å²) < 4.78 is 5.55. The third-order valence-electron chi connectivity index (χ3n) is 6.33. The highest BCUT2D eigenvalue weighted by atomic mass is 16.5. The maximum atomic E-state index is 13.0. The minimum atomic E-state index is -1.02. The fourth-order valence-corrected chi connectivity index (χ4v) is 4.50. The van der Waals surface area contributed by atoms with Crippen molar-refractivity contribution in [1.29, 1.82) is 0 Å². The third kappa shape index (κ3) is 5.08. The van der Waals surface area contributed by atoms with Gasteiger partial charge in [0.15, 0.2) is 0 Å². The second kappa shape index (κ2) is 9.90. The van der Waals surface area contributed by atoms with Crippen LogP contribution in [-0.2, 0) is 14.3 Å². The highest BCUT2D eigenvalue weighted by Gasteiger charge is 2.31. The molecular weight excluding hydrogens is 420 g/mol. The number of carboxylic acids is 1. The molecular formula is C26H28N2O5. The zero-order chi connectivity index (χ0) is 23.4. The summed E-state index contributed by atoms with van der Waals surface area (Å²) in [5.41, 5.74) is 5.67. The van der Waals surface area contributed by atoms with Crippen LogP contribution in [0.3, 0.4) is 0 Å². The van der Waals surface area contributed by atoms with E-state index in [1.807, 2.05) is 49.4 Å². The quantitative estimate of drug-likeness (QED) is 0.626. The maximum Gasteiger partial charge on any atom is 0.407 e. The predicted molar refractivity (Wildman–Crippen MR) is 124 cm³/mol.